The summed E-state index contributed by atoms with van der Waals surface area (Å²) >= 11 is 7.42. The SMILES string of the molecule is C[N+]1(CN)C(=O)N(c2ccc(Cl)cc2)Sc2ccc(OCC3CCCCC3)cc21. The van der Waals surface area contributed by atoms with Gasteiger partial charge in [-0.1, -0.05) is 30.9 Å². The average molecular weight is 433 g/mol. The molecule has 2 aromatic carbocycles. The number of anilines is 1. The van der Waals surface area contributed by atoms with Gasteiger partial charge in [0.1, 0.15) is 12.4 Å². The monoisotopic (exact) mass is 432 g/mol. The molecule has 2 aromatic rings. The fourth-order valence-electron chi connectivity index (χ4n) is 3.97. The summed E-state index contributed by atoms with van der Waals surface area (Å²) in [6.07, 6.45) is 6.42. The van der Waals surface area contributed by atoms with Gasteiger partial charge in [0.25, 0.3) is 0 Å². The van der Waals surface area contributed by atoms with Crippen LogP contribution in [0.3, 0.4) is 0 Å². The molecule has 29 heavy (non-hydrogen) atoms. The third-order valence-electron chi connectivity index (χ3n) is 5.88. The Labute approximate surface area is 181 Å². The highest BCUT2D eigenvalue weighted by atomic mass is 35.5. The molecule has 1 atom stereocenters. The summed E-state index contributed by atoms with van der Waals surface area (Å²) in [4.78, 5) is 14.4. The van der Waals surface area contributed by atoms with Crippen molar-refractivity contribution in [1.82, 2.24) is 4.48 Å². The summed E-state index contributed by atoms with van der Waals surface area (Å²) in [7, 11) is 1.86. The molecule has 0 saturated heterocycles. The van der Waals surface area contributed by atoms with E-state index in [-0.39, 0.29) is 17.2 Å². The Kier molecular flexibility index (Phi) is 6.06. The fraction of sp³-hybridized carbons (Fsp3) is 0.409. The molecule has 5 nitrogen and oxygen atoms in total. The lowest BCUT2D eigenvalue weighted by Crippen LogP contribution is -2.60. The van der Waals surface area contributed by atoms with Crippen molar-refractivity contribution in [1.29, 1.82) is 0 Å². The van der Waals surface area contributed by atoms with Crippen molar-refractivity contribution in [2.75, 3.05) is 24.6 Å². The van der Waals surface area contributed by atoms with Crippen molar-refractivity contribution in [3.8, 4) is 5.75 Å². The van der Waals surface area contributed by atoms with Crippen molar-refractivity contribution >= 4 is 41.0 Å². The molecule has 1 fully saturated rings. The van der Waals surface area contributed by atoms with E-state index in [4.69, 9.17) is 22.1 Å². The fourth-order valence-corrected chi connectivity index (χ4v) is 5.27. The quantitative estimate of drug-likeness (QED) is 0.479. The lowest BCUT2D eigenvalue weighted by molar-refractivity contribution is 0.207. The van der Waals surface area contributed by atoms with E-state index < -0.39 is 0 Å². The molecule has 1 heterocycles. The highest BCUT2D eigenvalue weighted by molar-refractivity contribution is 8.01. The second kappa shape index (κ2) is 8.56. The van der Waals surface area contributed by atoms with Crippen LogP contribution in [-0.2, 0) is 0 Å². The van der Waals surface area contributed by atoms with E-state index >= 15 is 0 Å². The number of urea groups is 1. The lowest BCUT2D eigenvalue weighted by Gasteiger charge is -2.39. The van der Waals surface area contributed by atoms with Crippen LogP contribution >= 0.6 is 23.5 Å². The summed E-state index contributed by atoms with van der Waals surface area (Å²) in [5.74, 6) is 1.44. The van der Waals surface area contributed by atoms with E-state index in [2.05, 4.69) is 0 Å². The van der Waals surface area contributed by atoms with Gasteiger partial charge in [-0.15, -0.1) is 0 Å². The zero-order chi connectivity index (χ0) is 20.4. The van der Waals surface area contributed by atoms with E-state index in [0.717, 1.165) is 28.6 Å². The van der Waals surface area contributed by atoms with Crippen LogP contribution < -0.4 is 19.3 Å². The first-order valence-corrected chi connectivity index (χ1v) is 11.3. The molecule has 2 amide bonds. The second-order valence-electron chi connectivity index (χ2n) is 7.96. The van der Waals surface area contributed by atoms with Crippen LogP contribution in [0.1, 0.15) is 32.1 Å². The molecule has 0 radical (unpaired) electrons. The first-order valence-electron chi connectivity index (χ1n) is 10.1. The Bertz CT molecular complexity index is 886. The topological polar surface area (TPSA) is 55.6 Å². The minimum Gasteiger partial charge on any atom is -0.493 e. The maximum absolute atomic E-state index is 13.4. The second-order valence-corrected chi connectivity index (χ2v) is 9.39. The van der Waals surface area contributed by atoms with Gasteiger partial charge in [-0.05, 0) is 55.2 Å². The van der Waals surface area contributed by atoms with Crippen LogP contribution in [0.2, 0.25) is 5.02 Å². The molecule has 0 spiro atoms. The summed E-state index contributed by atoms with van der Waals surface area (Å²) in [6, 6.07) is 13.2. The number of nitrogens with zero attached hydrogens (tertiary/aromatic N) is 2. The van der Waals surface area contributed by atoms with Crippen LogP contribution in [0.4, 0.5) is 16.2 Å². The smallest absolute Gasteiger partial charge is 0.440 e. The molecule has 1 saturated carbocycles. The number of hydrogen-bond donors (Lipinski definition) is 1. The first kappa shape index (κ1) is 20.5. The maximum atomic E-state index is 13.4. The number of quaternary nitrogens is 1. The molecule has 154 valence electrons. The van der Waals surface area contributed by atoms with Gasteiger partial charge >= 0.3 is 6.03 Å². The number of rotatable bonds is 5. The van der Waals surface area contributed by atoms with Crippen molar-refractivity contribution in [3.05, 3.63) is 47.5 Å². The molecule has 1 unspecified atom stereocenters. The normalized spacial score (nSPS) is 22.4. The zero-order valence-corrected chi connectivity index (χ0v) is 18.2. The molecule has 1 aliphatic carbocycles. The molecule has 2 aliphatic rings. The molecule has 2 N–H and O–H groups in total. The molecule has 0 aromatic heterocycles. The van der Waals surface area contributed by atoms with Crippen molar-refractivity contribution in [2.24, 2.45) is 11.7 Å². The average Bonchev–Trinajstić information content (AvgIpc) is 2.76. The summed E-state index contributed by atoms with van der Waals surface area (Å²) < 4.78 is 7.79. The first-order chi connectivity index (χ1) is 14.0. The minimum atomic E-state index is -0.0863. The lowest BCUT2D eigenvalue weighted by atomic mass is 9.90. The Balaban J connectivity index is 1.59. The maximum Gasteiger partial charge on any atom is 0.440 e. The zero-order valence-electron chi connectivity index (χ0n) is 16.6. The summed E-state index contributed by atoms with van der Waals surface area (Å²) in [5.41, 5.74) is 7.77. The Morgan fingerprint density at radius 3 is 2.59 bits per heavy atom. The van der Waals surface area contributed by atoms with Crippen molar-refractivity contribution < 1.29 is 9.53 Å². The van der Waals surface area contributed by atoms with Crippen LogP contribution in [0.5, 0.6) is 5.75 Å². The van der Waals surface area contributed by atoms with E-state index in [1.807, 2.05) is 37.4 Å². The van der Waals surface area contributed by atoms with E-state index in [1.54, 1.807) is 16.4 Å². The predicted molar refractivity (Wildman–Crippen MR) is 120 cm³/mol. The van der Waals surface area contributed by atoms with Crippen molar-refractivity contribution in [3.63, 3.8) is 0 Å². The Hall–Kier alpha value is -1.73. The molecule has 0 bridgehead atoms. The van der Waals surface area contributed by atoms with Gasteiger partial charge in [-0.25, -0.2) is 4.79 Å². The third-order valence-corrected chi connectivity index (χ3v) is 7.23. The highest BCUT2D eigenvalue weighted by Gasteiger charge is 2.45. The highest BCUT2D eigenvalue weighted by Crippen LogP contribution is 2.45. The number of benzene rings is 2. The Morgan fingerprint density at radius 2 is 1.90 bits per heavy atom. The van der Waals surface area contributed by atoms with Crippen LogP contribution in [0.15, 0.2) is 47.4 Å². The molecular weight excluding hydrogens is 406 g/mol. The largest absolute Gasteiger partial charge is 0.493 e. The third kappa shape index (κ3) is 4.12. The van der Waals surface area contributed by atoms with E-state index in [1.165, 1.54) is 44.1 Å². The summed E-state index contributed by atoms with van der Waals surface area (Å²) in [6.45, 7) is 0.908. The molecule has 7 heteroatoms. The number of ether oxygens (including phenoxy) is 1. The van der Waals surface area contributed by atoms with Crippen LogP contribution in [0.25, 0.3) is 0 Å². The predicted octanol–water partition coefficient (Wildman–Crippen LogP) is 5.80. The number of amides is 2. The van der Waals surface area contributed by atoms with Crippen LogP contribution in [-0.4, -0.2) is 26.4 Å². The number of fused-ring (bicyclic) bond motifs is 1. The standard InChI is InChI=1S/C22H27ClN3O2S/c1-26(15-24)20-13-19(28-14-16-5-3-2-4-6-16)11-12-21(20)29-25(22(26)27)18-9-7-17(23)8-10-18/h7-13,16H,2-6,14-15,24H2,1H3/q+1. The van der Waals surface area contributed by atoms with Gasteiger partial charge in [0.05, 0.1) is 24.2 Å². The summed E-state index contributed by atoms with van der Waals surface area (Å²) in [5, 5.41) is 0.638. The number of halogens is 1. The van der Waals surface area contributed by atoms with Crippen molar-refractivity contribution in [2.45, 2.75) is 37.0 Å². The van der Waals surface area contributed by atoms with Gasteiger partial charge < -0.3 is 4.74 Å². The van der Waals surface area contributed by atoms with Gasteiger partial charge in [-0.3, -0.25) is 5.73 Å². The number of carbonyl (C=O) groups is 1. The molecule has 4 rings (SSSR count). The number of nitrogens with two attached hydrogens (primary N) is 1. The van der Waals surface area contributed by atoms with Gasteiger partial charge in [0.15, 0.2) is 5.69 Å². The Morgan fingerprint density at radius 1 is 1.17 bits per heavy atom. The van der Waals surface area contributed by atoms with Gasteiger partial charge in [0.2, 0.25) is 0 Å². The minimum absolute atomic E-state index is 0.00834. The van der Waals surface area contributed by atoms with E-state index in [9.17, 15) is 4.79 Å². The number of hydrogen-bond acceptors (Lipinski definition) is 4. The van der Waals surface area contributed by atoms with Crippen LogP contribution in [0, 0.1) is 5.92 Å². The van der Waals surface area contributed by atoms with E-state index in [0.29, 0.717) is 10.9 Å². The molecular formula is C22H27ClN3O2S+. The van der Waals surface area contributed by atoms with Gasteiger partial charge in [-0.2, -0.15) is 8.79 Å². The number of carbonyl (C=O) groups excluding carboxylic acids is 1. The van der Waals surface area contributed by atoms with Gasteiger partial charge in [0, 0.05) is 23.0 Å². The molecule has 1 aliphatic heterocycles.